The quantitative estimate of drug-likeness (QED) is 0.603. The van der Waals surface area contributed by atoms with Gasteiger partial charge in [0.25, 0.3) is 6.43 Å². The lowest BCUT2D eigenvalue weighted by Crippen LogP contribution is -2.09. The van der Waals surface area contributed by atoms with Crippen LogP contribution in [-0.4, -0.2) is 19.3 Å². The fourth-order valence-corrected chi connectivity index (χ4v) is 1.57. The van der Waals surface area contributed by atoms with E-state index < -0.39 is 24.8 Å². The molecule has 0 fully saturated rings. The predicted octanol–water partition coefficient (Wildman–Crippen LogP) is 4.07. The van der Waals surface area contributed by atoms with Crippen LogP contribution in [0.1, 0.15) is 5.56 Å². The summed E-state index contributed by atoms with van der Waals surface area (Å²) < 4.78 is 65.8. The zero-order valence-corrected chi connectivity index (χ0v) is 9.54. The summed E-state index contributed by atoms with van der Waals surface area (Å²) in [7, 11) is 0. The Balaban J connectivity index is 2.97. The van der Waals surface area contributed by atoms with Crippen LogP contribution < -0.4 is 4.74 Å². The molecular weight excluding hydrogens is 263 g/mol. The smallest absolute Gasteiger partial charge is 0.416 e. The molecule has 0 aliphatic rings. The molecule has 1 aromatic rings. The molecule has 0 aliphatic carbocycles. The van der Waals surface area contributed by atoms with Crippen molar-refractivity contribution in [3.63, 3.8) is 0 Å². The fraction of sp³-hybridized carbons (Fsp3) is 0.400. The highest BCUT2D eigenvalue weighted by Gasteiger charge is 2.31. The van der Waals surface area contributed by atoms with Gasteiger partial charge in [0, 0.05) is 4.90 Å². The second-order valence-corrected chi connectivity index (χ2v) is 3.98. The van der Waals surface area contributed by atoms with Crippen LogP contribution in [0.4, 0.5) is 22.0 Å². The first-order chi connectivity index (χ1) is 7.82. The standard InChI is InChI=1S/C10H9F5OS/c1-17-8-3-6(10(13,14)15)2-7(4-8)16-5-9(11)12/h2-4,9H,5H2,1H3. The van der Waals surface area contributed by atoms with Crippen molar-refractivity contribution in [3.05, 3.63) is 23.8 Å². The molecule has 0 saturated carbocycles. The molecule has 1 aromatic carbocycles. The van der Waals surface area contributed by atoms with Gasteiger partial charge in [0.15, 0.2) is 0 Å². The minimum absolute atomic E-state index is 0.204. The van der Waals surface area contributed by atoms with Crippen molar-refractivity contribution in [1.82, 2.24) is 0 Å². The van der Waals surface area contributed by atoms with Crippen molar-refractivity contribution in [2.24, 2.45) is 0 Å². The lowest BCUT2D eigenvalue weighted by molar-refractivity contribution is -0.137. The second-order valence-electron chi connectivity index (χ2n) is 3.10. The number of halogens is 5. The highest BCUT2D eigenvalue weighted by atomic mass is 32.2. The highest BCUT2D eigenvalue weighted by Crippen LogP contribution is 2.34. The van der Waals surface area contributed by atoms with Gasteiger partial charge in [-0.15, -0.1) is 11.8 Å². The molecule has 0 amide bonds. The summed E-state index contributed by atoms with van der Waals surface area (Å²) in [5.41, 5.74) is -0.909. The molecule has 7 heteroatoms. The molecule has 0 aliphatic heterocycles. The Bertz CT molecular complexity index is 377. The molecule has 0 aromatic heterocycles. The number of benzene rings is 1. The molecule has 0 spiro atoms. The van der Waals surface area contributed by atoms with Crippen molar-refractivity contribution >= 4 is 11.8 Å². The molecule has 96 valence electrons. The molecule has 1 rings (SSSR count). The van der Waals surface area contributed by atoms with E-state index in [9.17, 15) is 22.0 Å². The van der Waals surface area contributed by atoms with E-state index in [0.29, 0.717) is 11.0 Å². The summed E-state index contributed by atoms with van der Waals surface area (Å²) in [6.07, 6.45) is -5.65. The van der Waals surface area contributed by atoms with Crippen LogP contribution in [0.25, 0.3) is 0 Å². The molecule has 0 atom stereocenters. The first-order valence-electron chi connectivity index (χ1n) is 4.50. The monoisotopic (exact) mass is 272 g/mol. The number of alkyl halides is 5. The van der Waals surface area contributed by atoms with Crippen LogP contribution in [-0.2, 0) is 6.18 Å². The van der Waals surface area contributed by atoms with Gasteiger partial charge < -0.3 is 4.74 Å². The molecule has 0 bridgehead atoms. The van der Waals surface area contributed by atoms with E-state index in [1.54, 1.807) is 6.26 Å². The van der Waals surface area contributed by atoms with E-state index in [1.165, 1.54) is 6.07 Å². The van der Waals surface area contributed by atoms with E-state index in [2.05, 4.69) is 4.74 Å². The maximum atomic E-state index is 12.5. The summed E-state index contributed by atoms with van der Waals surface area (Å²) in [6.45, 7) is -0.921. The number of thioether (sulfide) groups is 1. The maximum absolute atomic E-state index is 12.5. The largest absolute Gasteiger partial charge is 0.488 e. The van der Waals surface area contributed by atoms with Gasteiger partial charge in [0.05, 0.1) is 5.56 Å². The summed E-state index contributed by atoms with van der Waals surface area (Å²) in [6, 6.07) is 2.95. The van der Waals surface area contributed by atoms with Gasteiger partial charge in [0.2, 0.25) is 0 Å². The van der Waals surface area contributed by atoms with Crippen molar-refractivity contribution in [2.45, 2.75) is 17.5 Å². The second kappa shape index (κ2) is 5.57. The van der Waals surface area contributed by atoms with Gasteiger partial charge in [-0.3, -0.25) is 0 Å². The Hall–Kier alpha value is -0.980. The molecular formula is C10H9F5OS. The third-order valence-corrected chi connectivity index (χ3v) is 2.53. The maximum Gasteiger partial charge on any atom is 0.416 e. The predicted molar refractivity (Wildman–Crippen MR) is 54.7 cm³/mol. The van der Waals surface area contributed by atoms with E-state index in [4.69, 9.17) is 0 Å². The zero-order chi connectivity index (χ0) is 13.1. The minimum atomic E-state index is -4.52. The van der Waals surface area contributed by atoms with Gasteiger partial charge in [0.1, 0.15) is 12.4 Å². The van der Waals surface area contributed by atoms with Gasteiger partial charge in [-0.1, -0.05) is 0 Å². The van der Waals surface area contributed by atoms with E-state index in [1.807, 2.05) is 0 Å². The number of hydrogen-bond donors (Lipinski definition) is 0. The third-order valence-electron chi connectivity index (χ3n) is 1.82. The topological polar surface area (TPSA) is 9.23 Å². The first-order valence-corrected chi connectivity index (χ1v) is 5.72. The normalized spacial score (nSPS) is 11.9. The Kier molecular flexibility index (Phi) is 4.62. The highest BCUT2D eigenvalue weighted by molar-refractivity contribution is 7.98. The van der Waals surface area contributed by atoms with E-state index in [0.717, 1.165) is 17.8 Å². The summed E-state index contributed by atoms with van der Waals surface area (Å²) in [4.78, 5) is 0.309. The van der Waals surface area contributed by atoms with Gasteiger partial charge >= 0.3 is 6.18 Å². The van der Waals surface area contributed by atoms with Crippen LogP contribution >= 0.6 is 11.8 Å². The molecule has 0 heterocycles. The van der Waals surface area contributed by atoms with Crippen LogP contribution in [0.2, 0.25) is 0 Å². The number of hydrogen-bond acceptors (Lipinski definition) is 2. The third kappa shape index (κ3) is 4.41. The summed E-state index contributed by atoms with van der Waals surface area (Å²) in [5.74, 6) is -0.204. The Labute approximate surface area is 99.0 Å². The molecule has 0 radical (unpaired) electrons. The lowest BCUT2D eigenvalue weighted by Gasteiger charge is -2.12. The minimum Gasteiger partial charge on any atom is -0.488 e. The molecule has 17 heavy (non-hydrogen) atoms. The Morgan fingerprint density at radius 2 is 1.88 bits per heavy atom. The molecule has 0 unspecified atom stereocenters. The number of ether oxygens (including phenoxy) is 1. The molecule has 1 nitrogen and oxygen atoms in total. The summed E-state index contributed by atoms with van der Waals surface area (Å²) >= 11 is 1.08. The zero-order valence-electron chi connectivity index (χ0n) is 8.72. The summed E-state index contributed by atoms with van der Waals surface area (Å²) in [5, 5.41) is 0. The van der Waals surface area contributed by atoms with E-state index >= 15 is 0 Å². The average molecular weight is 272 g/mol. The lowest BCUT2D eigenvalue weighted by atomic mass is 10.2. The van der Waals surface area contributed by atoms with Crippen LogP contribution in [0.15, 0.2) is 23.1 Å². The Morgan fingerprint density at radius 1 is 1.24 bits per heavy atom. The van der Waals surface area contributed by atoms with E-state index in [-0.39, 0.29) is 5.75 Å². The fourth-order valence-electron chi connectivity index (χ4n) is 1.10. The van der Waals surface area contributed by atoms with Gasteiger partial charge in [-0.05, 0) is 24.5 Å². The SMILES string of the molecule is CSc1cc(OCC(F)F)cc(C(F)(F)F)c1. The van der Waals surface area contributed by atoms with Gasteiger partial charge in [-0.2, -0.15) is 13.2 Å². The Morgan fingerprint density at radius 3 is 2.35 bits per heavy atom. The molecule has 0 saturated heterocycles. The van der Waals surface area contributed by atoms with Crippen molar-refractivity contribution < 1.29 is 26.7 Å². The van der Waals surface area contributed by atoms with Crippen molar-refractivity contribution in [3.8, 4) is 5.75 Å². The number of rotatable bonds is 4. The van der Waals surface area contributed by atoms with Crippen LogP contribution in [0.3, 0.4) is 0 Å². The van der Waals surface area contributed by atoms with Crippen molar-refractivity contribution in [2.75, 3.05) is 12.9 Å². The first kappa shape index (κ1) is 14.1. The average Bonchev–Trinajstić information content (AvgIpc) is 2.24. The van der Waals surface area contributed by atoms with Gasteiger partial charge in [-0.25, -0.2) is 8.78 Å². The van der Waals surface area contributed by atoms with Crippen molar-refractivity contribution in [1.29, 1.82) is 0 Å². The van der Waals surface area contributed by atoms with Crippen LogP contribution in [0.5, 0.6) is 5.75 Å². The van der Waals surface area contributed by atoms with Crippen LogP contribution in [0, 0.1) is 0 Å². The molecule has 0 N–H and O–H groups in total.